The minimum atomic E-state index is -1.29. The highest BCUT2D eigenvalue weighted by Gasteiger charge is 2.41. The number of nitrogens with one attached hydrogen (secondary N) is 1. The zero-order valence-electron chi connectivity index (χ0n) is 22.9. The summed E-state index contributed by atoms with van der Waals surface area (Å²) in [5, 5.41) is 52.7. The van der Waals surface area contributed by atoms with E-state index in [2.05, 4.69) is 5.32 Å². The number of rotatable bonds is 22. The maximum Gasteiger partial charge on any atom is 0.123 e. The minimum absolute atomic E-state index is 0.0380. The Morgan fingerprint density at radius 1 is 0.868 bits per heavy atom. The third-order valence-electron chi connectivity index (χ3n) is 7.47. The molecule has 0 aromatic heterocycles. The maximum absolute atomic E-state index is 13.0. The molecule has 1 aliphatic rings. The van der Waals surface area contributed by atoms with Crippen LogP contribution in [0, 0.1) is 5.82 Å². The van der Waals surface area contributed by atoms with Gasteiger partial charge < -0.3 is 35.0 Å². The first kappa shape index (κ1) is 33.0. The monoisotopic (exact) mass is 543 g/mol. The van der Waals surface area contributed by atoms with Crippen molar-refractivity contribution in [2.24, 2.45) is 0 Å². The summed E-state index contributed by atoms with van der Waals surface area (Å²) in [6.45, 7) is 2.12. The van der Waals surface area contributed by atoms with E-state index in [4.69, 9.17) is 14.6 Å². The quantitative estimate of drug-likeness (QED) is 0.123. The Hall–Kier alpha value is -1.17. The largest absolute Gasteiger partial charge is 0.394 e. The normalized spacial score (nSPS) is 18.9. The molecule has 0 amide bonds. The molecular formula is C29H50FNO7. The van der Waals surface area contributed by atoms with Gasteiger partial charge in [0.15, 0.2) is 0 Å². The third kappa shape index (κ3) is 11.9. The van der Waals surface area contributed by atoms with E-state index in [-0.39, 0.29) is 24.6 Å². The number of aryl methyl sites for hydroxylation is 1. The van der Waals surface area contributed by atoms with Crippen molar-refractivity contribution in [1.82, 2.24) is 5.32 Å². The van der Waals surface area contributed by atoms with Gasteiger partial charge in [-0.1, -0.05) is 64.0 Å². The van der Waals surface area contributed by atoms with Crippen LogP contribution in [0.5, 0.6) is 0 Å². The average Bonchev–Trinajstić information content (AvgIpc) is 2.91. The second kappa shape index (κ2) is 18.2. The number of hydrogen-bond donors (Lipinski definition) is 6. The summed E-state index contributed by atoms with van der Waals surface area (Å²) >= 11 is 0. The van der Waals surface area contributed by atoms with Gasteiger partial charge in [-0.2, -0.15) is 0 Å². The molecule has 5 atom stereocenters. The molecule has 6 N–H and O–H groups in total. The zero-order valence-corrected chi connectivity index (χ0v) is 22.9. The molecule has 1 aromatic carbocycles. The molecule has 0 aliphatic carbocycles. The SMILES string of the molecule is CC[C@@H](O)[C@@H](O)[C@H](COC[C@H](O)[C@@H](O)CO)NC1(CCCCCCCCCCc2ccc(F)cc2)COC1. The number of benzene rings is 1. The standard InChI is InChI=1S/C29H50FNO7/c1-2-25(33)28(36)24(18-37-19-27(35)26(34)17-32)31-29(20-38-21-29)16-10-8-6-4-3-5-7-9-11-22-12-14-23(30)15-13-22/h12-15,24-28,31-36H,2-11,16-21H2,1H3/t24-,25+,26-,27-,28-/m0/s1. The van der Waals surface area contributed by atoms with Crippen LogP contribution in [0.4, 0.5) is 4.39 Å². The van der Waals surface area contributed by atoms with Crippen molar-refractivity contribution < 1.29 is 39.4 Å². The van der Waals surface area contributed by atoms with Crippen molar-refractivity contribution in [1.29, 1.82) is 0 Å². The number of ether oxygens (including phenoxy) is 2. The fourth-order valence-electron chi connectivity index (χ4n) is 4.83. The topological polar surface area (TPSA) is 132 Å². The van der Waals surface area contributed by atoms with E-state index in [1.807, 2.05) is 12.1 Å². The van der Waals surface area contributed by atoms with Gasteiger partial charge in [0.25, 0.3) is 0 Å². The Labute approximate surface area is 227 Å². The summed E-state index contributed by atoms with van der Waals surface area (Å²) in [6.07, 6.45) is 7.05. The molecule has 1 fully saturated rings. The van der Waals surface area contributed by atoms with E-state index in [0.29, 0.717) is 19.6 Å². The van der Waals surface area contributed by atoms with Gasteiger partial charge in [-0.25, -0.2) is 4.39 Å². The minimum Gasteiger partial charge on any atom is -0.394 e. The predicted octanol–water partition coefficient (Wildman–Crippen LogP) is 2.47. The Morgan fingerprint density at radius 3 is 2.03 bits per heavy atom. The highest BCUT2D eigenvalue weighted by molar-refractivity contribution is 5.15. The predicted molar refractivity (Wildman–Crippen MR) is 144 cm³/mol. The van der Waals surface area contributed by atoms with Crippen LogP contribution in [0.1, 0.15) is 76.7 Å². The molecular weight excluding hydrogens is 493 g/mol. The number of halogens is 1. The third-order valence-corrected chi connectivity index (χ3v) is 7.47. The second-order valence-electron chi connectivity index (χ2n) is 10.8. The lowest BCUT2D eigenvalue weighted by molar-refractivity contribution is -0.113. The first-order chi connectivity index (χ1) is 18.3. The molecule has 1 aliphatic heterocycles. The second-order valence-corrected chi connectivity index (χ2v) is 10.8. The summed E-state index contributed by atoms with van der Waals surface area (Å²) < 4.78 is 24.0. The summed E-state index contributed by atoms with van der Waals surface area (Å²) in [5.74, 6) is -0.186. The Kier molecular flexibility index (Phi) is 15.8. The van der Waals surface area contributed by atoms with Crippen molar-refractivity contribution in [3.63, 3.8) is 0 Å². The molecule has 0 bridgehead atoms. The molecule has 9 heteroatoms. The molecule has 0 spiro atoms. The molecule has 1 saturated heterocycles. The lowest BCUT2D eigenvalue weighted by Gasteiger charge is -2.46. The van der Waals surface area contributed by atoms with Gasteiger partial charge in [0, 0.05) is 0 Å². The van der Waals surface area contributed by atoms with Crippen LogP contribution < -0.4 is 5.32 Å². The lowest BCUT2D eigenvalue weighted by Crippen LogP contribution is -2.67. The van der Waals surface area contributed by atoms with Gasteiger partial charge in [0.05, 0.1) is 56.8 Å². The van der Waals surface area contributed by atoms with Crippen molar-refractivity contribution in [2.75, 3.05) is 33.0 Å². The zero-order chi connectivity index (χ0) is 27.8. The number of unbranched alkanes of at least 4 members (excludes halogenated alkanes) is 7. The van der Waals surface area contributed by atoms with Crippen LogP contribution >= 0.6 is 0 Å². The van der Waals surface area contributed by atoms with Crippen molar-refractivity contribution >= 4 is 0 Å². The first-order valence-corrected chi connectivity index (χ1v) is 14.3. The summed E-state index contributed by atoms with van der Waals surface area (Å²) in [6, 6.07) is 6.20. The highest BCUT2D eigenvalue weighted by Crippen LogP contribution is 2.26. The Morgan fingerprint density at radius 2 is 1.47 bits per heavy atom. The fraction of sp³-hybridized carbons (Fsp3) is 0.793. The van der Waals surface area contributed by atoms with E-state index in [9.17, 15) is 24.8 Å². The molecule has 38 heavy (non-hydrogen) atoms. The fourth-order valence-corrected chi connectivity index (χ4v) is 4.83. The highest BCUT2D eigenvalue weighted by atomic mass is 19.1. The van der Waals surface area contributed by atoms with Gasteiger partial charge in [0.2, 0.25) is 0 Å². The molecule has 2 rings (SSSR count). The molecule has 0 saturated carbocycles. The molecule has 1 heterocycles. The van der Waals surface area contributed by atoms with Crippen LogP contribution in [0.3, 0.4) is 0 Å². The maximum atomic E-state index is 13.0. The van der Waals surface area contributed by atoms with Gasteiger partial charge in [-0.3, -0.25) is 5.32 Å². The van der Waals surface area contributed by atoms with Gasteiger partial charge >= 0.3 is 0 Å². The molecule has 0 radical (unpaired) electrons. The number of aliphatic hydroxyl groups is 5. The molecule has 8 nitrogen and oxygen atoms in total. The smallest absolute Gasteiger partial charge is 0.123 e. The van der Waals surface area contributed by atoms with E-state index < -0.39 is 37.1 Å². The average molecular weight is 544 g/mol. The first-order valence-electron chi connectivity index (χ1n) is 14.3. The van der Waals surface area contributed by atoms with Gasteiger partial charge in [-0.15, -0.1) is 0 Å². The van der Waals surface area contributed by atoms with Gasteiger partial charge in [-0.05, 0) is 43.4 Å². The lowest BCUT2D eigenvalue weighted by atomic mass is 9.87. The van der Waals surface area contributed by atoms with Crippen LogP contribution in [-0.4, -0.2) is 94.6 Å². The summed E-state index contributed by atoms with van der Waals surface area (Å²) in [7, 11) is 0. The van der Waals surface area contributed by atoms with Gasteiger partial charge in [0.1, 0.15) is 18.0 Å². The number of aliphatic hydroxyl groups excluding tert-OH is 5. The number of hydrogen-bond acceptors (Lipinski definition) is 8. The summed E-state index contributed by atoms with van der Waals surface area (Å²) in [5.41, 5.74) is 0.906. The van der Waals surface area contributed by atoms with E-state index >= 15 is 0 Å². The van der Waals surface area contributed by atoms with Crippen LogP contribution in [-0.2, 0) is 15.9 Å². The molecule has 0 unspecified atom stereocenters. The van der Waals surface area contributed by atoms with Crippen LogP contribution in [0.25, 0.3) is 0 Å². The van der Waals surface area contributed by atoms with Crippen molar-refractivity contribution in [2.45, 2.75) is 114 Å². The molecule has 1 aromatic rings. The van der Waals surface area contributed by atoms with Crippen LogP contribution in [0.2, 0.25) is 0 Å². The summed E-state index contributed by atoms with van der Waals surface area (Å²) in [4.78, 5) is 0. The molecule has 220 valence electrons. The van der Waals surface area contributed by atoms with Crippen molar-refractivity contribution in [3.8, 4) is 0 Å². The Balaban J connectivity index is 1.65. The van der Waals surface area contributed by atoms with Crippen molar-refractivity contribution in [3.05, 3.63) is 35.6 Å². The van der Waals surface area contributed by atoms with E-state index in [1.165, 1.54) is 49.8 Å². The Bertz CT molecular complexity index is 734. The van der Waals surface area contributed by atoms with E-state index in [1.54, 1.807) is 6.92 Å². The van der Waals surface area contributed by atoms with E-state index in [0.717, 1.165) is 32.1 Å². The van der Waals surface area contributed by atoms with Crippen LogP contribution in [0.15, 0.2) is 24.3 Å².